The molecule has 0 aromatic carbocycles. The molecule has 1 aromatic rings. The molecule has 0 N–H and O–H groups in total. The molecule has 1 spiro atoms. The van der Waals surface area contributed by atoms with Gasteiger partial charge in [-0.3, -0.25) is 4.98 Å². The molecule has 0 saturated carbocycles. The van der Waals surface area contributed by atoms with Crippen molar-refractivity contribution in [1.82, 2.24) is 9.29 Å². The van der Waals surface area contributed by atoms with Gasteiger partial charge < -0.3 is 9.47 Å². The Hall–Kier alpha value is -1.02. The summed E-state index contributed by atoms with van der Waals surface area (Å²) in [6.07, 6.45) is 4.72. The van der Waals surface area contributed by atoms with Crippen molar-refractivity contribution < 1.29 is 17.9 Å². The summed E-state index contributed by atoms with van der Waals surface area (Å²) in [4.78, 5) is 4.09. The Morgan fingerprint density at radius 1 is 1.50 bits per heavy atom. The summed E-state index contributed by atoms with van der Waals surface area (Å²) in [5, 5.41) is 0. The lowest BCUT2D eigenvalue weighted by Gasteiger charge is -2.51. The Bertz CT molecular complexity index is 569. The lowest BCUT2D eigenvalue weighted by molar-refractivity contribution is -0.173. The van der Waals surface area contributed by atoms with Gasteiger partial charge in [0.25, 0.3) is 0 Å². The highest BCUT2D eigenvalue weighted by atomic mass is 32.2. The van der Waals surface area contributed by atoms with Gasteiger partial charge in [-0.2, -0.15) is 4.31 Å². The standard InChI is InChI=1S/C13H18N2O4S/c1-18-11-4-6-19-13(7-11)9-15(10-13)20(16,17)12-3-2-5-14-8-12/h2-3,5,8,11H,4,6-7,9-10H2,1H3/t11-/m0/s1. The van der Waals surface area contributed by atoms with Gasteiger partial charge in [0, 0.05) is 45.6 Å². The van der Waals surface area contributed by atoms with Gasteiger partial charge in [0.1, 0.15) is 4.90 Å². The van der Waals surface area contributed by atoms with E-state index in [4.69, 9.17) is 9.47 Å². The Balaban J connectivity index is 1.71. The number of nitrogens with zero attached hydrogens (tertiary/aromatic N) is 2. The van der Waals surface area contributed by atoms with Crippen LogP contribution in [0.4, 0.5) is 0 Å². The van der Waals surface area contributed by atoms with E-state index in [1.54, 1.807) is 25.4 Å². The SMILES string of the molecule is CO[C@H]1CCOC2(C1)CN(S(=O)(=O)c1cccnc1)C2. The van der Waals surface area contributed by atoms with E-state index < -0.39 is 10.0 Å². The first kappa shape index (κ1) is 13.9. The van der Waals surface area contributed by atoms with E-state index >= 15 is 0 Å². The number of pyridine rings is 1. The zero-order valence-corrected chi connectivity index (χ0v) is 12.2. The summed E-state index contributed by atoms with van der Waals surface area (Å²) in [5.41, 5.74) is -0.367. The average Bonchev–Trinajstić information content (AvgIpc) is 2.45. The zero-order valence-electron chi connectivity index (χ0n) is 11.4. The highest BCUT2D eigenvalue weighted by molar-refractivity contribution is 7.89. The van der Waals surface area contributed by atoms with Crippen LogP contribution in [0.15, 0.2) is 29.4 Å². The molecule has 0 unspecified atom stereocenters. The summed E-state index contributed by atoms with van der Waals surface area (Å²) < 4.78 is 37.4. The van der Waals surface area contributed by atoms with Gasteiger partial charge in [0.15, 0.2) is 0 Å². The molecule has 3 rings (SSSR count). The number of hydrogen-bond donors (Lipinski definition) is 0. The fraction of sp³-hybridized carbons (Fsp3) is 0.615. The Labute approximate surface area is 118 Å². The smallest absolute Gasteiger partial charge is 0.244 e. The molecule has 0 bridgehead atoms. The molecular formula is C13H18N2O4S. The second kappa shape index (κ2) is 5.07. The van der Waals surface area contributed by atoms with Crippen molar-refractivity contribution in [2.75, 3.05) is 26.8 Å². The third kappa shape index (κ3) is 2.35. The minimum Gasteiger partial charge on any atom is -0.381 e. The molecule has 2 aliphatic heterocycles. The van der Waals surface area contributed by atoms with Crippen LogP contribution in [0.2, 0.25) is 0 Å². The second-order valence-corrected chi connectivity index (χ2v) is 7.28. The number of sulfonamides is 1. The third-order valence-corrected chi connectivity index (χ3v) is 5.76. The van der Waals surface area contributed by atoms with Crippen LogP contribution in [0.5, 0.6) is 0 Å². The van der Waals surface area contributed by atoms with Gasteiger partial charge >= 0.3 is 0 Å². The summed E-state index contributed by atoms with van der Waals surface area (Å²) >= 11 is 0. The van der Waals surface area contributed by atoms with E-state index in [0.29, 0.717) is 19.7 Å². The molecule has 0 amide bonds. The summed E-state index contributed by atoms with van der Waals surface area (Å²) in [7, 11) is -1.76. The maximum atomic E-state index is 12.4. The highest BCUT2D eigenvalue weighted by Crippen LogP contribution is 2.37. The molecule has 2 fully saturated rings. The van der Waals surface area contributed by atoms with Crippen LogP contribution in [0.3, 0.4) is 0 Å². The van der Waals surface area contributed by atoms with Gasteiger partial charge in [0.05, 0.1) is 11.7 Å². The number of ether oxygens (including phenoxy) is 2. The van der Waals surface area contributed by atoms with E-state index in [0.717, 1.165) is 12.8 Å². The quantitative estimate of drug-likeness (QED) is 0.819. The summed E-state index contributed by atoms with van der Waals surface area (Å²) in [6.45, 7) is 1.41. The number of methoxy groups -OCH3 is 1. The number of rotatable bonds is 3. The molecular weight excluding hydrogens is 280 g/mol. The van der Waals surface area contributed by atoms with Crippen molar-refractivity contribution in [3.05, 3.63) is 24.5 Å². The van der Waals surface area contributed by atoms with Gasteiger partial charge in [-0.25, -0.2) is 8.42 Å². The lowest BCUT2D eigenvalue weighted by Crippen LogP contribution is -2.67. The average molecular weight is 298 g/mol. The third-order valence-electron chi connectivity index (χ3n) is 3.98. The lowest BCUT2D eigenvalue weighted by atomic mass is 9.86. The fourth-order valence-electron chi connectivity index (χ4n) is 2.82. The van der Waals surface area contributed by atoms with Gasteiger partial charge in [-0.1, -0.05) is 0 Å². The molecule has 0 aliphatic carbocycles. The van der Waals surface area contributed by atoms with Gasteiger partial charge in [-0.15, -0.1) is 0 Å². The molecule has 6 nitrogen and oxygen atoms in total. The van der Waals surface area contributed by atoms with E-state index in [1.165, 1.54) is 10.5 Å². The van der Waals surface area contributed by atoms with Crippen LogP contribution in [0.25, 0.3) is 0 Å². The molecule has 3 heterocycles. The molecule has 1 atom stereocenters. The predicted octanol–water partition coefficient (Wildman–Crippen LogP) is 0.650. The van der Waals surface area contributed by atoms with Crippen LogP contribution in [0.1, 0.15) is 12.8 Å². The molecule has 2 saturated heterocycles. The fourth-order valence-corrected chi connectivity index (χ4v) is 4.37. The van der Waals surface area contributed by atoms with Gasteiger partial charge in [-0.05, 0) is 18.6 Å². The first-order valence-electron chi connectivity index (χ1n) is 6.63. The summed E-state index contributed by atoms with van der Waals surface area (Å²) in [6, 6.07) is 3.19. The monoisotopic (exact) mass is 298 g/mol. The maximum absolute atomic E-state index is 12.4. The molecule has 1 aromatic heterocycles. The van der Waals surface area contributed by atoms with Crippen LogP contribution in [-0.4, -0.2) is 56.2 Å². The van der Waals surface area contributed by atoms with Crippen LogP contribution in [0, 0.1) is 0 Å². The molecule has 7 heteroatoms. The highest BCUT2D eigenvalue weighted by Gasteiger charge is 2.52. The molecule has 20 heavy (non-hydrogen) atoms. The minimum atomic E-state index is -3.45. The summed E-state index contributed by atoms with van der Waals surface area (Å²) in [5.74, 6) is 0. The zero-order chi connectivity index (χ0) is 14.2. The molecule has 110 valence electrons. The van der Waals surface area contributed by atoms with Crippen molar-refractivity contribution in [2.24, 2.45) is 0 Å². The predicted molar refractivity (Wildman–Crippen MR) is 71.7 cm³/mol. The van der Waals surface area contributed by atoms with E-state index in [1.807, 2.05) is 0 Å². The normalized spacial score (nSPS) is 26.4. The number of hydrogen-bond acceptors (Lipinski definition) is 5. The Morgan fingerprint density at radius 2 is 2.30 bits per heavy atom. The molecule has 0 radical (unpaired) electrons. The van der Waals surface area contributed by atoms with Crippen LogP contribution in [-0.2, 0) is 19.5 Å². The maximum Gasteiger partial charge on any atom is 0.244 e. The molecule has 2 aliphatic rings. The first-order valence-corrected chi connectivity index (χ1v) is 8.07. The van der Waals surface area contributed by atoms with E-state index in [2.05, 4.69) is 4.98 Å². The Morgan fingerprint density at radius 3 is 2.95 bits per heavy atom. The van der Waals surface area contributed by atoms with E-state index in [-0.39, 0.29) is 16.6 Å². The largest absolute Gasteiger partial charge is 0.381 e. The van der Waals surface area contributed by atoms with Crippen molar-refractivity contribution in [3.8, 4) is 0 Å². The van der Waals surface area contributed by atoms with Crippen molar-refractivity contribution in [1.29, 1.82) is 0 Å². The number of aromatic nitrogens is 1. The minimum absolute atomic E-state index is 0.159. The van der Waals surface area contributed by atoms with Crippen molar-refractivity contribution >= 4 is 10.0 Å². The second-order valence-electron chi connectivity index (χ2n) is 5.34. The van der Waals surface area contributed by atoms with E-state index in [9.17, 15) is 8.42 Å². The van der Waals surface area contributed by atoms with Crippen LogP contribution < -0.4 is 0 Å². The van der Waals surface area contributed by atoms with Crippen molar-refractivity contribution in [2.45, 2.75) is 29.4 Å². The van der Waals surface area contributed by atoms with Crippen molar-refractivity contribution in [3.63, 3.8) is 0 Å². The first-order chi connectivity index (χ1) is 9.56. The Kier molecular flexibility index (Phi) is 3.53. The topological polar surface area (TPSA) is 68.7 Å². The van der Waals surface area contributed by atoms with Gasteiger partial charge in [0.2, 0.25) is 10.0 Å². The van der Waals surface area contributed by atoms with Crippen LogP contribution >= 0.6 is 0 Å².